The monoisotopic (exact) mass is 306 g/mol. The first-order valence-electron chi connectivity index (χ1n) is 5.45. The summed E-state index contributed by atoms with van der Waals surface area (Å²) in [4.78, 5) is 4.39. The molecule has 92 valence electrons. The van der Waals surface area contributed by atoms with E-state index in [9.17, 15) is 0 Å². The standard InChI is InChI=1S/C12H11BrN4O/c1-6-10(13)7(2)17(16-6)12-15-11-8(14)4-3-5-9(11)18-12/h3-5H,14H2,1-2H3. The average Bonchev–Trinajstić information content (AvgIpc) is 2.88. The summed E-state index contributed by atoms with van der Waals surface area (Å²) in [6.07, 6.45) is 0. The van der Waals surface area contributed by atoms with E-state index in [4.69, 9.17) is 10.2 Å². The lowest BCUT2D eigenvalue weighted by atomic mass is 10.3. The van der Waals surface area contributed by atoms with Crippen LogP contribution in [-0.4, -0.2) is 14.8 Å². The summed E-state index contributed by atoms with van der Waals surface area (Å²) in [6.45, 7) is 3.87. The van der Waals surface area contributed by atoms with Crippen molar-refractivity contribution in [1.82, 2.24) is 14.8 Å². The third-order valence-electron chi connectivity index (χ3n) is 2.82. The van der Waals surface area contributed by atoms with E-state index in [-0.39, 0.29) is 0 Å². The average molecular weight is 307 g/mol. The summed E-state index contributed by atoms with van der Waals surface area (Å²) in [6, 6.07) is 5.90. The van der Waals surface area contributed by atoms with E-state index in [0.29, 0.717) is 22.8 Å². The maximum Gasteiger partial charge on any atom is 0.324 e. The van der Waals surface area contributed by atoms with Crippen LogP contribution >= 0.6 is 15.9 Å². The van der Waals surface area contributed by atoms with E-state index in [1.165, 1.54) is 0 Å². The highest BCUT2D eigenvalue weighted by molar-refractivity contribution is 9.10. The van der Waals surface area contributed by atoms with Crippen molar-refractivity contribution >= 4 is 32.7 Å². The fraction of sp³-hybridized carbons (Fsp3) is 0.167. The third kappa shape index (κ3) is 1.53. The minimum absolute atomic E-state index is 0.425. The molecule has 0 aliphatic carbocycles. The first-order chi connectivity index (χ1) is 8.58. The highest BCUT2D eigenvalue weighted by atomic mass is 79.9. The Morgan fingerprint density at radius 2 is 2.11 bits per heavy atom. The van der Waals surface area contributed by atoms with Crippen molar-refractivity contribution in [2.75, 3.05) is 5.73 Å². The lowest BCUT2D eigenvalue weighted by Gasteiger charge is -1.96. The van der Waals surface area contributed by atoms with Crippen LogP contribution in [0.15, 0.2) is 27.1 Å². The molecule has 0 unspecified atom stereocenters. The number of aryl methyl sites for hydroxylation is 1. The number of nitrogens with zero attached hydrogens (tertiary/aromatic N) is 3. The Kier molecular flexibility index (Phi) is 2.41. The number of hydrogen-bond donors (Lipinski definition) is 1. The molecule has 2 aromatic heterocycles. The van der Waals surface area contributed by atoms with Crippen molar-refractivity contribution in [3.63, 3.8) is 0 Å². The van der Waals surface area contributed by atoms with Crippen LogP contribution in [0.3, 0.4) is 0 Å². The number of hydrogen-bond acceptors (Lipinski definition) is 4. The summed E-state index contributed by atoms with van der Waals surface area (Å²) >= 11 is 3.48. The summed E-state index contributed by atoms with van der Waals surface area (Å²) in [5.74, 6) is 0. The molecule has 3 rings (SSSR count). The Balaban J connectivity index is 2.26. The zero-order valence-electron chi connectivity index (χ0n) is 9.94. The van der Waals surface area contributed by atoms with Crippen molar-refractivity contribution in [3.8, 4) is 6.01 Å². The number of nitrogens with two attached hydrogens (primary N) is 1. The number of aromatic nitrogens is 3. The predicted molar refractivity (Wildman–Crippen MR) is 72.7 cm³/mol. The molecule has 0 spiro atoms. The molecule has 0 saturated heterocycles. The largest absolute Gasteiger partial charge is 0.422 e. The van der Waals surface area contributed by atoms with E-state index in [1.54, 1.807) is 10.7 Å². The number of anilines is 1. The van der Waals surface area contributed by atoms with Gasteiger partial charge < -0.3 is 10.2 Å². The Hall–Kier alpha value is -1.82. The molecule has 5 nitrogen and oxygen atoms in total. The van der Waals surface area contributed by atoms with Gasteiger partial charge in [0, 0.05) is 0 Å². The molecule has 0 aliphatic heterocycles. The molecule has 2 heterocycles. The van der Waals surface area contributed by atoms with Crippen LogP contribution in [-0.2, 0) is 0 Å². The normalized spacial score (nSPS) is 11.3. The fourth-order valence-corrected chi connectivity index (χ4v) is 2.11. The van der Waals surface area contributed by atoms with Crippen LogP contribution < -0.4 is 5.73 Å². The van der Waals surface area contributed by atoms with E-state index < -0.39 is 0 Å². The van der Waals surface area contributed by atoms with Gasteiger partial charge in [-0.15, -0.1) is 0 Å². The number of fused-ring (bicyclic) bond motifs is 1. The maximum absolute atomic E-state index is 5.86. The zero-order valence-corrected chi connectivity index (χ0v) is 11.5. The van der Waals surface area contributed by atoms with Gasteiger partial charge in [0.25, 0.3) is 0 Å². The van der Waals surface area contributed by atoms with Gasteiger partial charge in [0.2, 0.25) is 0 Å². The Bertz CT molecular complexity index is 744. The van der Waals surface area contributed by atoms with E-state index in [0.717, 1.165) is 15.9 Å². The Morgan fingerprint density at radius 1 is 1.33 bits per heavy atom. The van der Waals surface area contributed by atoms with Gasteiger partial charge in [-0.2, -0.15) is 14.8 Å². The molecule has 0 amide bonds. The molecule has 0 atom stereocenters. The smallest absolute Gasteiger partial charge is 0.324 e. The van der Waals surface area contributed by atoms with Gasteiger partial charge in [-0.3, -0.25) is 0 Å². The van der Waals surface area contributed by atoms with Crippen LogP contribution in [0.2, 0.25) is 0 Å². The molecule has 1 aromatic carbocycles. The molecule has 0 aliphatic rings. The first kappa shape index (κ1) is 11.3. The zero-order chi connectivity index (χ0) is 12.9. The van der Waals surface area contributed by atoms with E-state index in [1.807, 2.05) is 26.0 Å². The highest BCUT2D eigenvalue weighted by Crippen LogP contribution is 2.26. The van der Waals surface area contributed by atoms with Crippen LogP contribution in [0.25, 0.3) is 17.1 Å². The predicted octanol–water partition coefficient (Wildman–Crippen LogP) is 2.98. The second-order valence-electron chi connectivity index (χ2n) is 4.09. The topological polar surface area (TPSA) is 69.9 Å². The molecule has 0 fully saturated rings. The molecule has 6 heteroatoms. The second kappa shape index (κ2) is 3.84. The van der Waals surface area contributed by atoms with Crippen LogP contribution in [0.1, 0.15) is 11.4 Å². The number of oxazole rings is 1. The van der Waals surface area contributed by atoms with Gasteiger partial charge in [0.1, 0.15) is 5.52 Å². The number of para-hydroxylation sites is 1. The van der Waals surface area contributed by atoms with E-state index >= 15 is 0 Å². The molecule has 0 saturated carbocycles. The quantitative estimate of drug-likeness (QED) is 0.702. The molecule has 3 aromatic rings. The van der Waals surface area contributed by atoms with Gasteiger partial charge in [0.15, 0.2) is 5.58 Å². The van der Waals surface area contributed by atoms with Gasteiger partial charge in [-0.1, -0.05) is 6.07 Å². The van der Waals surface area contributed by atoms with Gasteiger partial charge in [0.05, 0.1) is 21.5 Å². The van der Waals surface area contributed by atoms with Crippen molar-refractivity contribution < 1.29 is 4.42 Å². The molecule has 18 heavy (non-hydrogen) atoms. The van der Waals surface area contributed by atoms with Gasteiger partial charge in [-0.25, -0.2) is 0 Å². The number of benzene rings is 1. The second-order valence-corrected chi connectivity index (χ2v) is 4.88. The van der Waals surface area contributed by atoms with Crippen molar-refractivity contribution in [2.45, 2.75) is 13.8 Å². The van der Waals surface area contributed by atoms with Crippen LogP contribution in [0, 0.1) is 13.8 Å². The lowest BCUT2D eigenvalue weighted by molar-refractivity contribution is 0.536. The minimum Gasteiger partial charge on any atom is -0.422 e. The van der Waals surface area contributed by atoms with Gasteiger partial charge >= 0.3 is 6.01 Å². The van der Waals surface area contributed by atoms with Crippen molar-refractivity contribution in [1.29, 1.82) is 0 Å². The van der Waals surface area contributed by atoms with E-state index in [2.05, 4.69) is 26.0 Å². The summed E-state index contributed by atoms with van der Waals surface area (Å²) in [5.41, 5.74) is 9.62. The fourth-order valence-electron chi connectivity index (χ4n) is 1.86. The van der Waals surface area contributed by atoms with Crippen LogP contribution in [0.4, 0.5) is 5.69 Å². The SMILES string of the molecule is Cc1nn(-c2nc3c(N)cccc3o2)c(C)c1Br. The lowest BCUT2D eigenvalue weighted by Crippen LogP contribution is -1.99. The highest BCUT2D eigenvalue weighted by Gasteiger charge is 2.16. The third-order valence-corrected chi connectivity index (χ3v) is 3.97. The maximum atomic E-state index is 5.86. The molecular formula is C12H11BrN4O. The molecular weight excluding hydrogens is 296 g/mol. The van der Waals surface area contributed by atoms with Crippen LogP contribution in [0.5, 0.6) is 0 Å². The van der Waals surface area contributed by atoms with Crippen molar-refractivity contribution in [2.24, 2.45) is 0 Å². The Labute approximate surface area is 112 Å². The van der Waals surface area contributed by atoms with Gasteiger partial charge in [-0.05, 0) is 41.9 Å². The number of halogens is 1. The molecule has 0 bridgehead atoms. The minimum atomic E-state index is 0.425. The number of nitrogen functional groups attached to an aromatic ring is 1. The molecule has 0 radical (unpaired) electrons. The number of rotatable bonds is 1. The van der Waals surface area contributed by atoms with Crippen molar-refractivity contribution in [3.05, 3.63) is 34.1 Å². The first-order valence-corrected chi connectivity index (χ1v) is 6.24. The summed E-state index contributed by atoms with van der Waals surface area (Å²) in [7, 11) is 0. The summed E-state index contributed by atoms with van der Waals surface area (Å²) in [5, 5.41) is 4.38. The summed E-state index contributed by atoms with van der Waals surface area (Å²) < 4.78 is 8.29. The molecule has 2 N–H and O–H groups in total. The Morgan fingerprint density at radius 3 is 2.72 bits per heavy atom.